The molecule has 26 heavy (non-hydrogen) atoms. The van der Waals surface area contributed by atoms with E-state index in [4.69, 9.17) is 0 Å². The fourth-order valence-corrected chi connectivity index (χ4v) is 4.24. The quantitative estimate of drug-likeness (QED) is 0.830. The minimum atomic E-state index is -0.154. The SMILES string of the molecule is CC(C)C(=O)N[C@H](c1nccs1)[C@@H]1CCCN(Cc2ccccc2F)C1. The minimum absolute atomic E-state index is 0.0522. The maximum atomic E-state index is 14.0. The number of nitrogens with one attached hydrogen (secondary N) is 1. The molecule has 4 nitrogen and oxygen atoms in total. The van der Waals surface area contributed by atoms with Crippen molar-refractivity contribution in [3.63, 3.8) is 0 Å². The third-order valence-corrected chi connectivity index (χ3v) is 5.76. The number of hydrogen-bond acceptors (Lipinski definition) is 4. The van der Waals surface area contributed by atoms with Crippen LogP contribution in [0.5, 0.6) is 0 Å². The summed E-state index contributed by atoms with van der Waals surface area (Å²) in [5.41, 5.74) is 0.727. The lowest BCUT2D eigenvalue weighted by molar-refractivity contribution is -0.125. The Morgan fingerprint density at radius 1 is 1.42 bits per heavy atom. The van der Waals surface area contributed by atoms with Gasteiger partial charge in [-0.2, -0.15) is 0 Å². The van der Waals surface area contributed by atoms with Crippen LogP contribution in [0.2, 0.25) is 0 Å². The van der Waals surface area contributed by atoms with Crippen LogP contribution in [0, 0.1) is 17.7 Å². The van der Waals surface area contributed by atoms with Gasteiger partial charge in [-0.25, -0.2) is 9.37 Å². The Kier molecular flexibility index (Phi) is 6.38. The number of nitrogens with zero attached hydrogens (tertiary/aromatic N) is 2. The summed E-state index contributed by atoms with van der Waals surface area (Å²) in [6.45, 7) is 6.19. The summed E-state index contributed by atoms with van der Waals surface area (Å²) < 4.78 is 14.0. The molecule has 1 aromatic carbocycles. The number of rotatable bonds is 6. The van der Waals surface area contributed by atoms with Crippen molar-refractivity contribution in [2.75, 3.05) is 13.1 Å². The molecular formula is C20H26FN3OS. The van der Waals surface area contributed by atoms with Gasteiger partial charge in [0.15, 0.2) is 0 Å². The molecule has 0 bridgehead atoms. The zero-order chi connectivity index (χ0) is 18.5. The summed E-state index contributed by atoms with van der Waals surface area (Å²) in [5.74, 6) is 0.121. The summed E-state index contributed by atoms with van der Waals surface area (Å²) in [5, 5.41) is 6.10. The zero-order valence-corrected chi connectivity index (χ0v) is 16.1. The van der Waals surface area contributed by atoms with Gasteiger partial charge in [-0.1, -0.05) is 32.0 Å². The lowest BCUT2D eigenvalue weighted by atomic mass is 9.90. The lowest BCUT2D eigenvalue weighted by Crippen LogP contribution is -2.43. The molecular weight excluding hydrogens is 349 g/mol. The van der Waals surface area contributed by atoms with Gasteiger partial charge in [-0.15, -0.1) is 11.3 Å². The summed E-state index contributed by atoms with van der Waals surface area (Å²) in [4.78, 5) is 19.0. The van der Waals surface area contributed by atoms with Crippen LogP contribution in [0.1, 0.15) is 43.3 Å². The van der Waals surface area contributed by atoms with Gasteiger partial charge in [0.25, 0.3) is 0 Å². The minimum Gasteiger partial charge on any atom is -0.346 e. The maximum absolute atomic E-state index is 14.0. The van der Waals surface area contributed by atoms with E-state index >= 15 is 0 Å². The molecule has 0 spiro atoms. The van der Waals surface area contributed by atoms with Crippen molar-refractivity contribution in [3.05, 3.63) is 52.2 Å². The standard InChI is InChI=1S/C20H26FN3OS/c1-14(2)19(25)23-18(20-22-9-11-26-20)16-7-5-10-24(13-16)12-15-6-3-4-8-17(15)21/h3-4,6,8-9,11,14,16,18H,5,7,10,12-13H2,1-2H3,(H,23,25)/t16-,18+/m1/s1. The normalized spacial score (nSPS) is 19.5. The van der Waals surface area contributed by atoms with E-state index in [9.17, 15) is 9.18 Å². The van der Waals surface area contributed by atoms with Gasteiger partial charge in [-0.05, 0) is 31.4 Å². The summed E-state index contributed by atoms with van der Waals surface area (Å²) in [7, 11) is 0. The van der Waals surface area contributed by atoms with E-state index < -0.39 is 0 Å². The molecule has 2 heterocycles. The molecule has 1 amide bonds. The lowest BCUT2D eigenvalue weighted by Gasteiger charge is -2.37. The molecule has 1 aliphatic rings. The average Bonchev–Trinajstić information content (AvgIpc) is 3.16. The molecule has 2 atom stereocenters. The first-order valence-electron chi connectivity index (χ1n) is 9.20. The fourth-order valence-electron chi connectivity index (χ4n) is 3.46. The second-order valence-corrected chi connectivity index (χ2v) is 8.17. The van der Waals surface area contributed by atoms with E-state index in [1.165, 1.54) is 6.07 Å². The summed E-state index contributed by atoms with van der Waals surface area (Å²) in [6.07, 6.45) is 3.86. The number of thiazole rings is 1. The predicted molar refractivity (Wildman–Crippen MR) is 102 cm³/mol. The highest BCUT2D eigenvalue weighted by Gasteiger charge is 2.31. The van der Waals surface area contributed by atoms with E-state index in [2.05, 4.69) is 15.2 Å². The Balaban J connectivity index is 1.72. The van der Waals surface area contributed by atoms with E-state index in [-0.39, 0.29) is 29.6 Å². The van der Waals surface area contributed by atoms with Crippen LogP contribution >= 0.6 is 11.3 Å². The number of likely N-dealkylation sites (tertiary alicyclic amines) is 1. The van der Waals surface area contributed by atoms with Crippen LogP contribution in [-0.2, 0) is 11.3 Å². The van der Waals surface area contributed by atoms with Crippen LogP contribution in [-0.4, -0.2) is 28.9 Å². The first-order chi connectivity index (χ1) is 12.5. The topological polar surface area (TPSA) is 45.2 Å². The van der Waals surface area contributed by atoms with Gasteiger partial charge in [0.2, 0.25) is 5.91 Å². The highest BCUT2D eigenvalue weighted by Crippen LogP contribution is 2.32. The summed E-state index contributed by atoms with van der Waals surface area (Å²) >= 11 is 1.58. The molecule has 1 aromatic heterocycles. The zero-order valence-electron chi connectivity index (χ0n) is 15.3. The smallest absolute Gasteiger partial charge is 0.223 e. The number of carbonyl (C=O) groups excluding carboxylic acids is 1. The van der Waals surface area contributed by atoms with Crippen molar-refractivity contribution < 1.29 is 9.18 Å². The van der Waals surface area contributed by atoms with E-state index in [1.54, 1.807) is 23.6 Å². The molecule has 2 aromatic rings. The molecule has 1 aliphatic heterocycles. The molecule has 1 N–H and O–H groups in total. The number of halogens is 1. The largest absolute Gasteiger partial charge is 0.346 e. The Morgan fingerprint density at radius 2 is 2.23 bits per heavy atom. The van der Waals surface area contributed by atoms with Gasteiger partial charge < -0.3 is 5.32 Å². The predicted octanol–water partition coefficient (Wildman–Crippen LogP) is 4.01. The monoisotopic (exact) mass is 375 g/mol. The number of carbonyl (C=O) groups is 1. The van der Waals surface area contributed by atoms with Gasteiger partial charge in [0, 0.05) is 36.1 Å². The number of amides is 1. The van der Waals surface area contributed by atoms with Gasteiger partial charge in [0.1, 0.15) is 10.8 Å². The highest BCUT2D eigenvalue weighted by molar-refractivity contribution is 7.09. The number of hydrogen-bond donors (Lipinski definition) is 1. The van der Waals surface area contributed by atoms with Crippen LogP contribution in [0.25, 0.3) is 0 Å². The maximum Gasteiger partial charge on any atom is 0.223 e. The molecule has 140 valence electrons. The van der Waals surface area contributed by atoms with E-state index in [1.807, 2.05) is 31.4 Å². The third-order valence-electron chi connectivity index (χ3n) is 4.90. The van der Waals surface area contributed by atoms with Gasteiger partial charge in [-0.3, -0.25) is 9.69 Å². The van der Waals surface area contributed by atoms with E-state index in [0.29, 0.717) is 6.54 Å². The van der Waals surface area contributed by atoms with Crippen molar-refractivity contribution >= 4 is 17.2 Å². The summed E-state index contributed by atoms with van der Waals surface area (Å²) in [6, 6.07) is 6.88. The van der Waals surface area contributed by atoms with Crippen molar-refractivity contribution in [3.8, 4) is 0 Å². The van der Waals surface area contributed by atoms with Crippen LogP contribution < -0.4 is 5.32 Å². The molecule has 0 radical (unpaired) electrons. The Hall–Kier alpha value is -1.79. The van der Waals surface area contributed by atoms with Gasteiger partial charge >= 0.3 is 0 Å². The van der Waals surface area contributed by atoms with Crippen molar-refractivity contribution in [1.82, 2.24) is 15.2 Å². The average molecular weight is 376 g/mol. The van der Waals surface area contributed by atoms with Crippen LogP contribution in [0.4, 0.5) is 4.39 Å². The Bertz CT molecular complexity index is 720. The molecule has 3 rings (SSSR count). The first kappa shape index (κ1) is 19.0. The molecule has 1 saturated heterocycles. The van der Waals surface area contributed by atoms with Crippen molar-refractivity contribution in [2.24, 2.45) is 11.8 Å². The Labute approximate surface area is 158 Å². The third kappa shape index (κ3) is 4.68. The highest BCUT2D eigenvalue weighted by atomic mass is 32.1. The van der Waals surface area contributed by atoms with Crippen molar-refractivity contribution in [2.45, 2.75) is 39.3 Å². The number of benzene rings is 1. The second-order valence-electron chi connectivity index (χ2n) is 7.24. The second kappa shape index (κ2) is 8.73. The van der Waals surface area contributed by atoms with Crippen LogP contribution in [0.15, 0.2) is 35.8 Å². The van der Waals surface area contributed by atoms with Gasteiger partial charge in [0.05, 0.1) is 6.04 Å². The van der Waals surface area contributed by atoms with Crippen molar-refractivity contribution in [1.29, 1.82) is 0 Å². The van der Waals surface area contributed by atoms with Crippen LogP contribution in [0.3, 0.4) is 0 Å². The first-order valence-corrected chi connectivity index (χ1v) is 10.1. The molecule has 6 heteroatoms. The molecule has 0 aliphatic carbocycles. The number of piperidine rings is 1. The Morgan fingerprint density at radius 3 is 2.92 bits per heavy atom. The number of aromatic nitrogens is 1. The molecule has 0 unspecified atom stereocenters. The van der Waals surface area contributed by atoms with E-state index in [0.717, 1.165) is 36.5 Å². The molecule has 1 fully saturated rings. The molecule has 0 saturated carbocycles. The fraction of sp³-hybridized carbons (Fsp3) is 0.500.